The maximum atomic E-state index is 13.2. The summed E-state index contributed by atoms with van der Waals surface area (Å²) in [5, 5.41) is 0. The molecule has 1 aliphatic heterocycles. The van der Waals surface area contributed by atoms with E-state index in [-0.39, 0.29) is 36.6 Å². The van der Waals surface area contributed by atoms with E-state index in [1.54, 1.807) is 40.1 Å². The molecule has 3 rings (SSSR count). The fourth-order valence-electron chi connectivity index (χ4n) is 6.07. The third-order valence-electron chi connectivity index (χ3n) is 8.60. The zero-order chi connectivity index (χ0) is 28.7. The van der Waals surface area contributed by atoms with Crippen LogP contribution in [-0.2, 0) is 19.6 Å². The maximum absolute atomic E-state index is 13.2. The second-order valence-corrected chi connectivity index (χ2v) is 13.6. The molecule has 2 aliphatic rings. The number of sulfonamides is 1. The van der Waals surface area contributed by atoms with Crippen LogP contribution in [0.15, 0.2) is 17.0 Å². The van der Waals surface area contributed by atoms with Gasteiger partial charge in [0.15, 0.2) is 0 Å². The van der Waals surface area contributed by atoms with Gasteiger partial charge in [-0.05, 0) is 102 Å². The Bertz CT molecular complexity index is 1030. The van der Waals surface area contributed by atoms with Crippen LogP contribution in [0.2, 0.25) is 0 Å². The first-order valence-corrected chi connectivity index (χ1v) is 15.7. The van der Waals surface area contributed by atoms with Gasteiger partial charge in [0.05, 0.1) is 18.6 Å². The number of carbonyl (C=O) groups excluding carboxylic acids is 1. The van der Waals surface area contributed by atoms with E-state index in [0.29, 0.717) is 28.8 Å². The smallest absolute Gasteiger partial charge is 0.248 e. The van der Waals surface area contributed by atoms with Crippen LogP contribution in [0.1, 0.15) is 49.7 Å². The minimum Gasteiger partial charge on any atom is -0.497 e. The number of hydrogen-bond donors (Lipinski definition) is 0. The van der Waals surface area contributed by atoms with Crippen LogP contribution in [0.3, 0.4) is 0 Å². The Morgan fingerprint density at radius 2 is 1.64 bits per heavy atom. The number of likely N-dealkylation sites (tertiary alicyclic amines) is 1. The van der Waals surface area contributed by atoms with Crippen LogP contribution in [-0.4, -0.2) is 120 Å². The van der Waals surface area contributed by atoms with Crippen molar-refractivity contribution >= 4 is 15.9 Å². The highest BCUT2D eigenvalue weighted by atomic mass is 32.2. The number of hydrogen-bond acceptors (Lipinski definition) is 7. The molecular weight excluding hydrogens is 516 g/mol. The molecule has 2 fully saturated rings. The zero-order valence-corrected chi connectivity index (χ0v) is 25.9. The minimum absolute atomic E-state index is 0.0371. The lowest BCUT2D eigenvalue weighted by Gasteiger charge is -2.40. The molecule has 0 N–H and O–H groups in total. The van der Waals surface area contributed by atoms with Crippen molar-refractivity contribution in [3.8, 4) is 5.75 Å². The average Bonchev–Trinajstić information content (AvgIpc) is 2.90. The first-order chi connectivity index (χ1) is 18.4. The molecule has 9 nitrogen and oxygen atoms in total. The van der Waals surface area contributed by atoms with Gasteiger partial charge in [0.25, 0.3) is 0 Å². The number of methoxy groups -OCH3 is 1. The SMILES string of the molecule is COc1cc(C)c(S(=O)(=O)N(C)CCOCC(=O)N(C)[C@H]2CC[C@@H](CN3CCC[C@H](N(C)C)C3)CC2)c(C)c1. The summed E-state index contributed by atoms with van der Waals surface area (Å²) in [4.78, 5) is 19.9. The molecule has 1 atom stereocenters. The van der Waals surface area contributed by atoms with E-state index in [4.69, 9.17) is 9.47 Å². The van der Waals surface area contributed by atoms with Crippen molar-refractivity contribution in [3.05, 3.63) is 23.3 Å². The van der Waals surface area contributed by atoms with E-state index < -0.39 is 10.0 Å². The van der Waals surface area contributed by atoms with Crippen molar-refractivity contribution in [2.24, 2.45) is 5.92 Å². The van der Waals surface area contributed by atoms with Crippen LogP contribution in [0, 0.1) is 19.8 Å². The standard InChI is InChI=1S/C29H50N4O5S/c1-22-17-27(37-7)18-23(2)29(22)39(35,36)31(5)15-16-38-21-28(34)32(6)25-12-10-24(11-13-25)19-33-14-8-9-26(20-33)30(3)4/h17-18,24-26H,8-16,19-21H2,1-7H3/t24-,25+,26-/m0/s1. The van der Waals surface area contributed by atoms with Gasteiger partial charge in [0, 0.05) is 45.8 Å². The summed E-state index contributed by atoms with van der Waals surface area (Å²) in [5.74, 6) is 1.29. The second-order valence-electron chi connectivity index (χ2n) is 11.7. The molecule has 1 heterocycles. The van der Waals surface area contributed by atoms with Crippen molar-refractivity contribution in [3.63, 3.8) is 0 Å². The minimum atomic E-state index is -3.69. The number of ether oxygens (including phenoxy) is 2. The summed E-state index contributed by atoms with van der Waals surface area (Å²) in [7, 11) is 5.65. The molecule has 1 saturated heterocycles. The van der Waals surface area contributed by atoms with Gasteiger partial charge in [0.1, 0.15) is 12.4 Å². The zero-order valence-electron chi connectivity index (χ0n) is 25.1. The molecule has 10 heteroatoms. The van der Waals surface area contributed by atoms with Crippen molar-refractivity contribution in [2.45, 2.75) is 69.4 Å². The number of amides is 1. The third kappa shape index (κ3) is 8.39. The summed E-state index contributed by atoms with van der Waals surface area (Å²) in [5.41, 5.74) is 1.28. The number of likely N-dealkylation sites (N-methyl/N-ethyl adjacent to an activating group) is 3. The summed E-state index contributed by atoms with van der Waals surface area (Å²) in [6.45, 7) is 7.36. The van der Waals surface area contributed by atoms with Gasteiger partial charge in [-0.2, -0.15) is 4.31 Å². The van der Waals surface area contributed by atoms with Crippen LogP contribution in [0.5, 0.6) is 5.75 Å². The number of nitrogens with zero attached hydrogens (tertiary/aromatic N) is 4. The lowest BCUT2D eigenvalue weighted by Crippen LogP contribution is -2.47. The van der Waals surface area contributed by atoms with Crippen LogP contribution >= 0.6 is 0 Å². The lowest BCUT2D eigenvalue weighted by molar-refractivity contribution is -0.137. The van der Waals surface area contributed by atoms with Gasteiger partial charge in [-0.25, -0.2) is 8.42 Å². The molecule has 0 aromatic heterocycles. The van der Waals surface area contributed by atoms with E-state index in [1.165, 1.54) is 36.8 Å². The van der Waals surface area contributed by atoms with Gasteiger partial charge >= 0.3 is 0 Å². The largest absolute Gasteiger partial charge is 0.497 e. The molecule has 1 aromatic carbocycles. The van der Waals surface area contributed by atoms with Crippen molar-refractivity contribution < 1.29 is 22.7 Å². The molecule has 1 saturated carbocycles. The number of aryl methyl sites for hydroxylation is 2. The number of rotatable bonds is 12. The molecule has 1 aromatic rings. The highest BCUT2D eigenvalue weighted by Crippen LogP contribution is 2.29. The Morgan fingerprint density at radius 1 is 1.00 bits per heavy atom. The molecule has 1 amide bonds. The number of carbonyl (C=O) groups is 1. The van der Waals surface area contributed by atoms with Gasteiger partial charge < -0.3 is 24.2 Å². The second kappa shape index (κ2) is 14.3. The normalized spacial score (nSPS) is 22.8. The summed E-state index contributed by atoms with van der Waals surface area (Å²) >= 11 is 0. The van der Waals surface area contributed by atoms with Crippen molar-refractivity contribution in [1.82, 2.24) is 19.0 Å². The lowest BCUT2D eigenvalue weighted by atomic mass is 9.84. The topological polar surface area (TPSA) is 82.6 Å². The summed E-state index contributed by atoms with van der Waals surface area (Å²) < 4.78 is 38.5. The van der Waals surface area contributed by atoms with Gasteiger partial charge in [0.2, 0.25) is 15.9 Å². The third-order valence-corrected chi connectivity index (χ3v) is 10.8. The molecular formula is C29H50N4O5S. The Kier molecular flexibility index (Phi) is 11.6. The molecule has 222 valence electrons. The highest BCUT2D eigenvalue weighted by Gasteiger charge is 2.30. The van der Waals surface area contributed by atoms with Crippen molar-refractivity contribution in [2.75, 3.05) is 74.7 Å². The molecule has 0 spiro atoms. The van der Waals surface area contributed by atoms with E-state index >= 15 is 0 Å². The quantitative estimate of drug-likeness (QED) is 0.360. The Labute approximate surface area is 236 Å². The molecule has 1 aliphatic carbocycles. The monoisotopic (exact) mass is 566 g/mol. The number of piperidine rings is 1. The Balaban J connectivity index is 1.39. The Hall–Kier alpha value is -1.72. The predicted molar refractivity (Wildman–Crippen MR) is 155 cm³/mol. The highest BCUT2D eigenvalue weighted by molar-refractivity contribution is 7.89. The fourth-order valence-corrected chi connectivity index (χ4v) is 7.63. The fraction of sp³-hybridized carbons (Fsp3) is 0.759. The predicted octanol–water partition coefficient (Wildman–Crippen LogP) is 2.99. The molecule has 0 radical (unpaired) electrons. The average molecular weight is 567 g/mol. The van der Waals surface area contributed by atoms with Crippen LogP contribution < -0.4 is 4.74 Å². The Morgan fingerprint density at radius 3 is 2.23 bits per heavy atom. The summed E-state index contributed by atoms with van der Waals surface area (Å²) in [6, 6.07) is 4.35. The summed E-state index contributed by atoms with van der Waals surface area (Å²) in [6.07, 6.45) is 6.92. The van der Waals surface area contributed by atoms with Gasteiger partial charge in [-0.15, -0.1) is 0 Å². The number of benzene rings is 1. The molecule has 39 heavy (non-hydrogen) atoms. The molecule has 0 unspecified atom stereocenters. The molecule has 0 bridgehead atoms. The van der Waals surface area contributed by atoms with Crippen molar-refractivity contribution in [1.29, 1.82) is 0 Å². The van der Waals surface area contributed by atoms with Gasteiger partial charge in [-0.3, -0.25) is 4.79 Å². The maximum Gasteiger partial charge on any atom is 0.248 e. The van der Waals surface area contributed by atoms with Crippen LogP contribution in [0.25, 0.3) is 0 Å². The van der Waals surface area contributed by atoms with Gasteiger partial charge in [-0.1, -0.05) is 0 Å². The van der Waals surface area contributed by atoms with E-state index in [9.17, 15) is 13.2 Å². The first kappa shape index (κ1) is 31.8. The van der Waals surface area contributed by atoms with E-state index in [0.717, 1.165) is 25.7 Å². The first-order valence-electron chi connectivity index (χ1n) is 14.3. The van der Waals surface area contributed by atoms with E-state index in [2.05, 4.69) is 23.9 Å². The van der Waals surface area contributed by atoms with Crippen LogP contribution in [0.4, 0.5) is 0 Å². The van der Waals surface area contributed by atoms with E-state index in [1.807, 2.05) is 11.9 Å².